The molecule has 1 aliphatic rings. The molecule has 2 unspecified atom stereocenters. The van der Waals surface area contributed by atoms with Crippen molar-refractivity contribution in [2.45, 2.75) is 65.0 Å². The molecule has 1 heterocycles. The lowest BCUT2D eigenvalue weighted by molar-refractivity contribution is 0.0914. The summed E-state index contributed by atoms with van der Waals surface area (Å²) in [6, 6.07) is 0.320. The summed E-state index contributed by atoms with van der Waals surface area (Å²) in [5.74, 6) is 0.702. The van der Waals surface area contributed by atoms with Crippen LogP contribution in [0.5, 0.6) is 0 Å². The van der Waals surface area contributed by atoms with Gasteiger partial charge in [-0.15, -0.1) is 0 Å². The molecule has 2 atom stereocenters. The lowest BCUT2D eigenvalue weighted by Crippen LogP contribution is -2.57. The van der Waals surface area contributed by atoms with Gasteiger partial charge in [0.15, 0.2) is 0 Å². The maximum Gasteiger partial charge on any atom is 0.0329 e. The fourth-order valence-corrected chi connectivity index (χ4v) is 2.71. The highest BCUT2D eigenvalue weighted by atomic mass is 15.2. The normalized spacial score (nSPS) is 24.4. The van der Waals surface area contributed by atoms with Gasteiger partial charge in [-0.05, 0) is 51.6 Å². The summed E-state index contributed by atoms with van der Waals surface area (Å²) in [5, 5.41) is 0. The van der Waals surface area contributed by atoms with Crippen LogP contribution in [0.3, 0.4) is 0 Å². The van der Waals surface area contributed by atoms with Gasteiger partial charge >= 0.3 is 0 Å². The van der Waals surface area contributed by atoms with Gasteiger partial charge in [0.1, 0.15) is 0 Å². The van der Waals surface area contributed by atoms with Crippen LogP contribution in [0.2, 0.25) is 0 Å². The van der Waals surface area contributed by atoms with Gasteiger partial charge in [0, 0.05) is 11.6 Å². The van der Waals surface area contributed by atoms with Crippen LogP contribution >= 0.6 is 0 Å². The van der Waals surface area contributed by atoms with Gasteiger partial charge in [-0.2, -0.15) is 0 Å². The van der Waals surface area contributed by atoms with Gasteiger partial charge in [0.2, 0.25) is 0 Å². The van der Waals surface area contributed by atoms with E-state index in [-0.39, 0.29) is 5.54 Å². The van der Waals surface area contributed by atoms with Crippen molar-refractivity contribution in [3.05, 3.63) is 0 Å². The van der Waals surface area contributed by atoms with Gasteiger partial charge in [-0.1, -0.05) is 20.8 Å². The number of hydrogen-bond acceptors (Lipinski definition) is 2. The van der Waals surface area contributed by atoms with Gasteiger partial charge in [0.25, 0.3) is 0 Å². The Morgan fingerprint density at radius 1 is 1.27 bits per heavy atom. The third-order valence-corrected chi connectivity index (χ3v) is 4.07. The Morgan fingerprint density at radius 3 is 2.20 bits per heavy atom. The van der Waals surface area contributed by atoms with E-state index in [1.165, 1.54) is 32.4 Å². The maximum atomic E-state index is 6.40. The van der Waals surface area contributed by atoms with Crippen molar-refractivity contribution in [2.75, 3.05) is 13.1 Å². The Labute approximate surface area is 95.2 Å². The first-order chi connectivity index (χ1) is 7.00. The molecule has 0 bridgehead atoms. The molecule has 0 aliphatic carbocycles. The molecular weight excluding hydrogens is 184 g/mol. The first-order valence-corrected chi connectivity index (χ1v) is 6.51. The molecule has 0 amide bonds. The van der Waals surface area contributed by atoms with Crippen molar-refractivity contribution in [1.82, 2.24) is 4.90 Å². The predicted octanol–water partition coefficient (Wildman–Crippen LogP) is 2.62. The largest absolute Gasteiger partial charge is 0.326 e. The zero-order valence-corrected chi connectivity index (χ0v) is 10.9. The average Bonchev–Trinajstić information content (AvgIpc) is 2.68. The molecule has 0 radical (unpaired) electrons. The zero-order valence-electron chi connectivity index (χ0n) is 10.9. The van der Waals surface area contributed by atoms with Gasteiger partial charge < -0.3 is 5.73 Å². The highest BCUT2D eigenvalue weighted by Gasteiger charge is 2.37. The van der Waals surface area contributed by atoms with Crippen molar-refractivity contribution >= 4 is 0 Å². The number of nitrogens with zero attached hydrogens (tertiary/aromatic N) is 1. The molecule has 0 spiro atoms. The van der Waals surface area contributed by atoms with Crippen LogP contribution in [-0.4, -0.2) is 29.6 Å². The quantitative estimate of drug-likeness (QED) is 0.759. The van der Waals surface area contributed by atoms with Crippen molar-refractivity contribution in [1.29, 1.82) is 0 Å². The first-order valence-electron chi connectivity index (χ1n) is 6.51. The van der Waals surface area contributed by atoms with Gasteiger partial charge in [-0.3, -0.25) is 4.90 Å². The topological polar surface area (TPSA) is 29.3 Å². The summed E-state index contributed by atoms with van der Waals surface area (Å²) < 4.78 is 0. The van der Waals surface area contributed by atoms with Crippen LogP contribution in [0.4, 0.5) is 0 Å². The van der Waals surface area contributed by atoms with Crippen LogP contribution in [0.15, 0.2) is 0 Å². The molecule has 0 aromatic carbocycles. The number of hydrogen-bond donors (Lipinski definition) is 1. The summed E-state index contributed by atoms with van der Waals surface area (Å²) in [6.07, 6.45) is 5.01. The number of likely N-dealkylation sites (tertiary alicyclic amines) is 1. The second kappa shape index (κ2) is 5.31. The fraction of sp³-hybridized carbons (Fsp3) is 1.00. The van der Waals surface area contributed by atoms with Gasteiger partial charge in [0.05, 0.1) is 0 Å². The van der Waals surface area contributed by atoms with E-state index in [2.05, 4.69) is 32.6 Å². The van der Waals surface area contributed by atoms with E-state index in [1.54, 1.807) is 0 Å². The standard InChI is InChI=1S/C13H28N2/c1-5-13(4,12(14)10-11(2)3)15-8-6-7-9-15/h11-12H,5-10,14H2,1-4H3. The minimum atomic E-state index is 0.223. The molecule has 0 aromatic rings. The minimum absolute atomic E-state index is 0.223. The summed E-state index contributed by atoms with van der Waals surface area (Å²) in [6.45, 7) is 11.6. The van der Waals surface area contributed by atoms with E-state index >= 15 is 0 Å². The Morgan fingerprint density at radius 2 is 1.80 bits per heavy atom. The van der Waals surface area contributed by atoms with E-state index in [0.717, 1.165) is 6.42 Å². The maximum absolute atomic E-state index is 6.40. The van der Waals surface area contributed by atoms with Crippen molar-refractivity contribution in [2.24, 2.45) is 11.7 Å². The number of nitrogens with two attached hydrogens (primary N) is 1. The molecule has 15 heavy (non-hydrogen) atoms. The second-order valence-electron chi connectivity index (χ2n) is 5.64. The van der Waals surface area contributed by atoms with E-state index in [0.29, 0.717) is 12.0 Å². The smallest absolute Gasteiger partial charge is 0.0329 e. The van der Waals surface area contributed by atoms with E-state index in [9.17, 15) is 0 Å². The molecule has 0 saturated carbocycles. The summed E-state index contributed by atoms with van der Waals surface area (Å²) in [4.78, 5) is 2.61. The highest BCUT2D eigenvalue weighted by Crippen LogP contribution is 2.29. The van der Waals surface area contributed by atoms with Crippen molar-refractivity contribution in [3.63, 3.8) is 0 Å². The Balaban J connectivity index is 2.64. The molecule has 90 valence electrons. The van der Waals surface area contributed by atoms with E-state index in [4.69, 9.17) is 5.73 Å². The molecule has 2 N–H and O–H groups in total. The highest BCUT2D eigenvalue weighted by molar-refractivity contribution is 4.96. The molecule has 2 heteroatoms. The lowest BCUT2D eigenvalue weighted by Gasteiger charge is -2.43. The van der Waals surface area contributed by atoms with Crippen LogP contribution in [-0.2, 0) is 0 Å². The lowest BCUT2D eigenvalue weighted by atomic mass is 9.83. The van der Waals surface area contributed by atoms with Crippen molar-refractivity contribution < 1.29 is 0 Å². The molecule has 1 saturated heterocycles. The number of rotatable bonds is 5. The molecule has 1 fully saturated rings. The van der Waals surface area contributed by atoms with E-state index < -0.39 is 0 Å². The zero-order chi connectivity index (χ0) is 11.5. The Bertz CT molecular complexity index is 185. The molecule has 2 nitrogen and oxygen atoms in total. The average molecular weight is 212 g/mol. The third-order valence-electron chi connectivity index (χ3n) is 4.07. The Kier molecular flexibility index (Phi) is 4.60. The SMILES string of the molecule is CCC(C)(C(N)CC(C)C)N1CCCC1. The fourth-order valence-electron chi connectivity index (χ4n) is 2.71. The van der Waals surface area contributed by atoms with Crippen LogP contribution in [0.1, 0.15) is 53.4 Å². The van der Waals surface area contributed by atoms with E-state index in [1.807, 2.05) is 0 Å². The molecule has 1 aliphatic heterocycles. The van der Waals surface area contributed by atoms with Crippen molar-refractivity contribution in [3.8, 4) is 0 Å². The molecule has 1 rings (SSSR count). The summed E-state index contributed by atoms with van der Waals surface area (Å²) in [5.41, 5.74) is 6.62. The summed E-state index contributed by atoms with van der Waals surface area (Å²) in [7, 11) is 0. The minimum Gasteiger partial charge on any atom is -0.326 e. The van der Waals surface area contributed by atoms with Gasteiger partial charge in [-0.25, -0.2) is 0 Å². The molecular formula is C13H28N2. The Hall–Kier alpha value is -0.0800. The third kappa shape index (κ3) is 2.94. The monoisotopic (exact) mass is 212 g/mol. The summed E-state index contributed by atoms with van der Waals surface area (Å²) >= 11 is 0. The second-order valence-corrected chi connectivity index (χ2v) is 5.64. The predicted molar refractivity (Wildman–Crippen MR) is 66.9 cm³/mol. The van der Waals surface area contributed by atoms with Crippen LogP contribution in [0, 0.1) is 5.92 Å². The molecule has 0 aromatic heterocycles. The first kappa shape index (κ1) is 13.0. The van der Waals surface area contributed by atoms with Crippen LogP contribution < -0.4 is 5.73 Å². The van der Waals surface area contributed by atoms with Crippen LogP contribution in [0.25, 0.3) is 0 Å².